The van der Waals surface area contributed by atoms with E-state index >= 15 is 0 Å². The maximum atomic E-state index is 6.46. The predicted molar refractivity (Wildman–Crippen MR) is 72.0 cm³/mol. The highest BCUT2D eigenvalue weighted by Crippen LogP contribution is 2.40. The van der Waals surface area contributed by atoms with Crippen molar-refractivity contribution in [2.24, 2.45) is 11.8 Å². The number of rotatable bonds is 4. The molecular weight excluding hydrogens is 264 g/mol. The molecule has 2 aliphatic rings. The van der Waals surface area contributed by atoms with Crippen LogP contribution in [0.25, 0.3) is 0 Å². The minimum atomic E-state index is 0.146. The Balaban J connectivity index is 1.91. The van der Waals surface area contributed by atoms with Crippen molar-refractivity contribution in [2.75, 3.05) is 5.33 Å². The average Bonchev–Trinajstić information content (AvgIpc) is 2.14. The topological polar surface area (TPSA) is 9.23 Å². The molecule has 2 fully saturated rings. The summed E-state index contributed by atoms with van der Waals surface area (Å²) in [5.41, 5.74) is 0.146. The first kappa shape index (κ1) is 12.9. The second-order valence-electron chi connectivity index (χ2n) is 6.03. The Morgan fingerprint density at radius 2 is 2.06 bits per heavy atom. The Morgan fingerprint density at radius 3 is 2.56 bits per heavy atom. The summed E-state index contributed by atoms with van der Waals surface area (Å²) in [5, 5.41) is 1.02. The van der Waals surface area contributed by atoms with Crippen molar-refractivity contribution < 1.29 is 4.74 Å². The lowest BCUT2D eigenvalue weighted by molar-refractivity contribution is -0.128. The minimum absolute atomic E-state index is 0.146. The summed E-state index contributed by atoms with van der Waals surface area (Å²) >= 11 is 3.69. The SMILES string of the molecule is CC1CCCC(CBr)(OC(C)C2CCC2)C1. The highest BCUT2D eigenvalue weighted by Gasteiger charge is 2.38. The zero-order chi connectivity index (χ0) is 11.6. The molecule has 0 aromatic heterocycles. The molecule has 0 amide bonds. The second-order valence-corrected chi connectivity index (χ2v) is 6.59. The van der Waals surface area contributed by atoms with Crippen LogP contribution in [0.3, 0.4) is 0 Å². The van der Waals surface area contributed by atoms with Crippen molar-refractivity contribution in [3.63, 3.8) is 0 Å². The monoisotopic (exact) mass is 288 g/mol. The van der Waals surface area contributed by atoms with Gasteiger partial charge < -0.3 is 4.74 Å². The summed E-state index contributed by atoms with van der Waals surface area (Å²) < 4.78 is 6.46. The van der Waals surface area contributed by atoms with Crippen LogP contribution in [0.1, 0.15) is 58.8 Å². The fourth-order valence-electron chi connectivity index (χ4n) is 3.27. The van der Waals surface area contributed by atoms with Gasteiger partial charge in [-0.15, -0.1) is 0 Å². The van der Waals surface area contributed by atoms with Crippen molar-refractivity contribution in [3.05, 3.63) is 0 Å². The normalized spacial score (nSPS) is 38.1. The maximum absolute atomic E-state index is 6.46. The lowest BCUT2D eigenvalue weighted by Crippen LogP contribution is -2.44. The number of hydrogen-bond acceptors (Lipinski definition) is 1. The molecule has 0 spiro atoms. The van der Waals surface area contributed by atoms with Crippen molar-refractivity contribution in [1.82, 2.24) is 0 Å². The molecule has 0 aromatic rings. The molecule has 3 unspecified atom stereocenters. The number of ether oxygens (including phenoxy) is 1. The lowest BCUT2D eigenvalue weighted by atomic mass is 9.78. The van der Waals surface area contributed by atoms with Crippen molar-refractivity contribution >= 4 is 15.9 Å². The zero-order valence-electron chi connectivity index (χ0n) is 10.7. The average molecular weight is 289 g/mol. The molecule has 0 heterocycles. The van der Waals surface area contributed by atoms with Crippen LogP contribution in [-0.2, 0) is 4.74 Å². The van der Waals surface area contributed by atoms with Gasteiger partial charge in [-0.3, -0.25) is 0 Å². The Bertz CT molecular complexity index is 227. The van der Waals surface area contributed by atoms with Crippen LogP contribution in [0.4, 0.5) is 0 Å². The van der Waals surface area contributed by atoms with Gasteiger partial charge >= 0.3 is 0 Å². The molecule has 0 aliphatic heterocycles. The minimum Gasteiger partial charge on any atom is -0.371 e. The molecular formula is C14H25BrO. The first-order valence-electron chi connectivity index (χ1n) is 6.89. The predicted octanol–water partition coefficient (Wildman–Crippen LogP) is 4.54. The molecule has 2 heteroatoms. The highest BCUT2D eigenvalue weighted by atomic mass is 79.9. The molecule has 2 saturated carbocycles. The van der Waals surface area contributed by atoms with Crippen LogP contribution in [-0.4, -0.2) is 17.0 Å². The van der Waals surface area contributed by atoms with E-state index in [-0.39, 0.29) is 5.60 Å². The summed E-state index contributed by atoms with van der Waals surface area (Å²) in [6.45, 7) is 4.65. The van der Waals surface area contributed by atoms with Crippen LogP contribution >= 0.6 is 15.9 Å². The summed E-state index contributed by atoms with van der Waals surface area (Å²) in [6.07, 6.45) is 9.87. The quantitative estimate of drug-likeness (QED) is 0.691. The maximum Gasteiger partial charge on any atom is 0.0785 e. The van der Waals surface area contributed by atoms with Gasteiger partial charge in [0.25, 0.3) is 0 Å². The largest absolute Gasteiger partial charge is 0.371 e. The highest BCUT2D eigenvalue weighted by molar-refractivity contribution is 9.09. The fourth-order valence-corrected chi connectivity index (χ4v) is 3.91. The van der Waals surface area contributed by atoms with E-state index in [0.717, 1.165) is 17.2 Å². The molecule has 3 atom stereocenters. The van der Waals surface area contributed by atoms with E-state index in [1.54, 1.807) is 0 Å². The third-order valence-electron chi connectivity index (χ3n) is 4.54. The number of hydrogen-bond donors (Lipinski definition) is 0. The standard InChI is InChI=1S/C14H25BrO/c1-11-5-4-8-14(9-11,10-15)16-12(2)13-6-3-7-13/h11-13H,3-10H2,1-2H3. The second kappa shape index (κ2) is 5.39. The van der Waals surface area contributed by atoms with Gasteiger partial charge in [0.05, 0.1) is 11.7 Å². The summed E-state index contributed by atoms with van der Waals surface area (Å²) in [5.74, 6) is 1.67. The number of alkyl halides is 1. The molecule has 0 aromatic carbocycles. The van der Waals surface area contributed by atoms with Gasteiger partial charge in [-0.1, -0.05) is 42.1 Å². The van der Waals surface area contributed by atoms with Gasteiger partial charge in [-0.05, 0) is 44.4 Å². The molecule has 94 valence electrons. The third-order valence-corrected chi connectivity index (χ3v) is 5.56. The van der Waals surface area contributed by atoms with Crippen molar-refractivity contribution in [2.45, 2.75) is 70.5 Å². The molecule has 0 bridgehead atoms. The smallest absolute Gasteiger partial charge is 0.0785 e. The molecule has 0 radical (unpaired) electrons. The van der Waals surface area contributed by atoms with Crippen molar-refractivity contribution in [1.29, 1.82) is 0 Å². The van der Waals surface area contributed by atoms with Gasteiger partial charge in [0.2, 0.25) is 0 Å². The number of halogens is 1. The van der Waals surface area contributed by atoms with E-state index in [1.165, 1.54) is 44.9 Å². The van der Waals surface area contributed by atoms with E-state index in [1.807, 2.05) is 0 Å². The van der Waals surface area contributed by atoms with Gasteiger partial charge in [0.1, 0.15) is 0 Å². The van der Waals surface area contributed by atoms with Gasteiger partial charge in [0, 0.05) is 5.33 Å². The molecule has 1 nitrogen and oxygen atoms in total. The molecule has 2 aliphatic carbocycles. The lowest BCUT2D eigenvalue weighted by Gasteiger charge is -2.43. The summed E-state index contributed by atoms with van der Waals surface area (Å²) in [6, 6.07) is 0. The Kier molecular flexibility index (Phi) is 4.34. The van der Waals surface area contributed by atoms with E-state index in [4.69, 9.17) is 4.74 Å². The fraction of sp³-hybridized carbons (Fsp3) is 1.00. The van der Waals surface area contributed by atoms with Gasteiger partial charge in [-0.2, -0.15) is 0 Å². The third kappa shape index (κ3) is 2.81. The van der Waals surface area contributed by atoms with Crippen LogP contribution in [0.5, 0.6) is 0 Å². The molecule has 2 rings (SSSR count). The summed E-state index contributed by atoms with van der Waals surface area (Å²) in [4.78, 5) is 0. The molecule has 16 heavy (non-hydrogen) atoms. The Morgan fingerprint density at radius 1 is 1.31 bits per heavy atom. The Hall–Kier alpha value is 0.440. The van der Waals surface area contributed by atoms with Crippen LogP contribution in [0.15, 0.2) is 0 Å². The zero-order valence-corrected chi connectivity index (χ0v) is 12.3. The first-order chi connectivity index (χ1) is 7.65. The Labute approximate surface area is 108 Å². The van der Waals surface area contributed by atoms with Gasteiger partial charge in [-0.25, -0.2) is 0 Å². The van der Waals surface area contributed by atoms with Crippen molar-refractivity contribution in [3.8, 4) is 0 Å². The molecule has 0 N–H and O–H groups in total. The molecule has 0 saturated heterocycles. The van der Waals surface area contributed by atoms with Gasteiger partial charge in [0.15, 0.2) is 0 Å². The van der Waals surface area contributed by atoms with E-state index < -0.39 is 0 Å². The van der Waals surface area contributed by atoms with E-state index in [0.29, 0.717) is 6.10 Å². The van der Waals surface area contributed by atoms with Crippen LogP contribution < -0.4 is 0 Å². The van der Waals surface area contributed by atoms with Crippen LogP contribution in [0, 0.1) is 11.8 Å². The summed E-state index contributed by atoms with van der Waals surface area (Å²) in [7, 11) is 0. The van der Waals surface area contributed by atoms with E-state index in [2.05, 4.69) is 29.8 Å². The van der Waals surface area contributed by atoms with Crippen LogP contribution in [0.2, 0.25) is 0 Å². The first-order valence-corrected chi connectivity index (χ1v) is 8.01. The van der Waals surface area contributed by atoms with E-state index in [9.17, 15) is 0 Å².